The Balaban J connectivity index is 2.07. The summed E-state index contributed by atoms with van der Waals surface area (Å²) in [6.45, 7) is 2.06. The molecule has 0 spiro atoms. The number of nitrogens with two attached hydrogens (primary N) is 1. The molecule has 0 aliphatic carbocycles. The van der Waals surface area contributed by atoms with Crippen molar-refractivity contribution in [3.8, 4) is 0 Å². The molecule has 0 atom stereocenters. The summed E-state index contributed by atoms with van der Waals surface area (Å²) in [7, 11) is 0. The highest BCUT2D eigenvalue weighted by molar-refractivity contribution is 6.05. The summed E-state index contributed by atoms with van der Waals surface area (Å²) >= 11 is 0. The van der Waals surface area contributed by atoms with Gasteiger partial charge in [-0.25, -0.2) is 4.79 Å². The number of unbranched alkanes of at least 4 members (excludes halogenated alkanes) is 1. The second kappa shape index (κ2) is 10.3. The second-order valence-electron chi connectivity index (χ2n) is 7.15. The zero-order valence-corrected chi connectivity index (χ0v) is 17.9. The highest BCUT2D eigenvalue weighted by Gasteiger charge is 2.24. The summed E-state index contributed by atoms with van der Waals surface area (Å²) in [4.78, 5) is 52.1. The first-order valence-electron chi connectivity index (χ1n) is 10.2. The molecule has 3 N–H and O–H groups in total. The topological polar surface area (TPSA) is 157 Å². The number of aromatic nitrogens is 2. The maximum Gasteiger partial charge on any atom is 0.330 e. The van der Waals surface area contributed by atoms with Gasteiger partial charge in [-0.3, -0.25) is 34.2 Å². The van der Waals surface area contributed by atoms with E-state index >= 15 is 0 Å². The quantitative estimate of drug-likeness (QED) is 0.286. The Morgan fingerprint density at radius 2 is 2.03 bits per heavy atom. The Labute approximate surface area is 187 Å². The van der Waals surface area contributed by atoms with E-state index < -0.39 is 22.1 Å². The molecule has 3 rings (SSSR count). The number of hydrogen-bond donors (Lipinski definition) is 2. The van der Waals surface area contributed by atoms with Crippen molar-refractivity contribution in [2.75, 3.05) is 10.6 Å². The van der Waals surface area contributed by atoms with Crippen LogP contribution >= 0.6 is 0 Å². The Hall–Kier alpha value is -4.41. The lowest BCUT2D eigenvalue weighted by Crippen LogP contribution is -2.40. The maximum atomic E-state index is 13.2. The molecule has 1 amide bonds. The van der Waals surface area contributed by atoms with Gasteiger partial charge < -0.3 is 10.2 Å². The van der Waals surface area contributed by atoms with Gasteiger partial charge in [0.25, 0.3) is 17.2 Å². The van der Waals surface area contributed by atoms with E-state index in [-0.39, 0.29) is 35.8 Å². The fourth-order valence-electron chi connectivity index (χ4n) is 3.25. The van der Waals surface area contributed by atoms with Crippen LogP contribution in [0.15, 0.2) is 62.7 Å². The van der Waals surface area contributed by atoms with Gasteiger partial charge >= 0.3 is 5.69 Å². The van der Waals surface area contributed by atoms with E-state index in [1.807, 2.05) is 6.92 Å². The van der Waals surface area contributed by atoms with Gasteiger partial charge in [-0.2, -0.15) is 0 Å². The molecule has 172 valence electrons. The lowest BCUT2D eigenvalue weighted by Gasteiger charge is -2.22. The van der Waals surface area contributed by atoms with Crippen LogP contribution in [0.3, 0.4) is 0 Å². The molecule has 11 nitrogen and oxygen atoms in total. The molecule has 33 heavy (non-hydrogen) atoms. The van der Waals surface area contributed by atoms with Crippen molar-refractivity contribution in [2.45, 2.75) is 32.9 Å². The number of para-hydroxylation sites is 1. The number of hydrogen-bond acceptors (Lipinski definition) is 7. The van der Waals surface area contributed by atoms with Gasteiger partial charge in [-0.1, -0.05) is 25.5 Å². The van der Waals surface area contributed by atoms with Gasteiger partial charge in [0.1, 0.15) is 11.6 Å². The Morgan fingerprint density at radius 3 is 2.70 bits per heavy atom. The standard InChI is InChI=1S/C22H23N5O6/c1-2-3-12-25-20(23)19(21(29)24-22(25)30)26(14-16-8-6-13-33-16)18(28)11-10-15-7-4-5-9-17(15)27(31)32/h4-11,13H,2-3,12,14,23H2,1H3,(H,24,29,30)/b11-10+. The molecule has 1 aromatic carbocycles. The van der Waals surface area contributed by atoms with E-state index in [0.717, 1.165) is 17.4 Å². The summed E-state index contributed by atoms with van der Waals surface area (Å²) < 4.78 is 6.52. The molecule has 0 fully saturated rings. The fourth-order valence-corrected chi connectivity index (χ4v) is 3.25. The van der Waals surface area contributed by atoms with Crippen molar-refractivity contribution in [1.29, 1.82) is 0 Å². The molecule has 3 aromatic rings. The Morgan fingerprint density at radius 1 is 1.27 bits per heavy atom. The number of H-pyrrole nitrogens is 1. The number of nitro benzene ring substituents is 1. The van der Waals surface area contributed by atoms with E-state index in [4.69, 9.17) is 10.2 Å². The van der Waals surface area contributed by atoms with E-state index in [0.29, 0.717) is 12.2 Å². The van der Waals surface area contributed by atoms with Gasteiger partial charge in [0.05, 0.1) is 23.3 Å². The minimum Gasteiger partial charge on any atom is -0.467 e. The zero-order chi connectivity index (χ0) is 24.0. The summed E-state index contributed by atoms with van der Waals surface area (Å²) in [5.41, 5.74) is 4.50. The molecule has 2 heterocycles. The fraction of sp³-hybridized carbons (Fsp3) is 0.227. The first kappa shape index (κ1) is 23.3. The maximum absolute atomic E-state index is 13.2. The van der Waals surface area contributed by atoms with Crippen molar-refractivity contribution in [3.05, 3.63) is 91.0 Å². The molecule has 2 aromatic heterocycles. The van der Waals surface area contributed by atoms with Gasteiger partial charge in [0.15, 0.2) is 5.69 Å². The minimum atomic E-state index is -0.829. The van der Waals surface area contributed by atoms with Gasteiger partial charge in [-0.15, -0.1) is 0 Å². The van der Waals surface area contributed by atoms with E-state index in [1.54, 1.807) is 18.2 Å². The number of nitrogen functional groups attached to an aromatic ring is 1. The number of nitro groups is 1. The van der Waals surface area contributed by atoms with Crippen LogP contribution in [0.25, 0.3) is 6.08 Å². The number of furan rings is 1. The smallest absolute Gasteiger partial charge is 0.330 e. The molecule has 0 radical (unpaired) electrons. The average Bonchev–Trinajstić information content (AvgIpc) is 3.30. The molecule has 0 saturated carbocycles. The zero-order valence-electron chi connectivity index (χ0n) is 17.9. The number of rotatable bonds is 9. The molecule has 11 heteroatoms. The summed E-state index contributed by atoms with van der Waals surface area (Å²) in [6, 6.07) is 9.16. The lowest BCUT2D eigenvalue weighted by molar-refractivity contribution is -0.385. The highest BCUT2D eigenvalue weighted by atomic mass is 16.6. The third-order valence-corrected chi connectivity index (χ3v) is 4.92. The van der Waals surface area contributed by atoms with Gasteiger partial charge in [-0.05, 0) is 30.7 Å². The first-order chi connectivity index (χ1) is 15.8. The predicted octanol–water partition coefficient (Wildman–Crippen LogP) is 2.67. The van der Waals surface area contributed by atoms with Crippen LogP contribution in [-0.2, 0) is 17.9 Å². The first-order valence-corrected chi connectivity index (χ1v) is 10.2. The number of amides is 1. The van der Waals surface area contributed by atoms with E-state index in [1.165, 1.54) is 35.1 Å². The Kier molecular flexibility index (Phi) is 7.24. The van der Waals surface area contributed by atoms with Crippen molar-refractivity contribution >= 4 is 29.2 Å². The molecule has 0 unspecified atom stereocenters. The number of carbonyl (C=O) groups excluding carboxylic acids is 1. The van der Waals surface area contributed by atoms with Crippen molar-refractivity contribution < 1.29 is 14.1 Å². The van der Waals surface area contributed by atoms with Crippen LogP contribution in [0.2, 0.25) is 0 Å². The molecular formula is C22H23N5O6. The lowest BCUT2D eigenvalue weighted by atomic mass is 10.1. The van der Waals surface area contributed by atoms with Gasteiger partial charge in [0.2, 0.25) is 0 Å². The number of benzene rings is 1. The number of nitrogens with one attached hydrogen (secondary N) is 1. The second-order valence-corrected chi connectivity index (χ2v) is 7.15. The van der Waals surface area contributed by atoms with Crippen LogP contribution < -0.4 is 21.9 Å². The van der Waals surface area contributed by atoms with Crippen molar-refractivity contribution in [3.63, 3.8) is 0 Å². The van der Waals surface area contributed by atoms with Crippen LogP contribution in [0.4, 0.5) is 17.2 Å². The van der Waals surface area contributed by atoms with Crippen molar-refractivity contribution in [1.82, 2.24) is 9.55 Å². The number of nitrogens with zero attached hydrogens (tertiary/aromatic N) is 3. The van der Waals surface area contributed by atoms with Crippen LogP contribution in [0, 0.1) is 10.1 Å². The van der Waals surface area contributed by atoms with E-state index in [9.17, 15) is 24.5 Å². The van der Waals surface area contributed by atoms with Crippen LogP contribution in [-0.4, -0.2) is 20.4 Å². The number of carbonyl (C=O) groups is 1. The number of anilines is 2. The minimum absolute atomic E-state index is 0.147. The number of aromatic amines is 1. The summed E-state index contributed by atoms with van der Waals surface area (Å²) in [5.74, 6) is -0.466. The molecule has 0 saturated heterocycles. The van der Waals surface area contributed by atoms with Crippen LogP contribution in [0.1, 0.15) is 31.1 Å². The molecule has 0 bridgehead atoms. The average molecular weight is 453 g/mol. The molecule has 0 aliphatic rings. The third kappa shape index (κ3) is 5.26. The largest absolute Gasteiger partial charge is 0.467 e. The highest BCUT2D eigenvalue weighted by Crippen LogP contribution is 2.22. The monoisotopic (exact) mass is 453 g/mol. The summed E-state index contributed by atoms with van der Waals surface area (Å²) in [5, 5.41) is 11.2. The molecule has 0 aliphatic heterocycles. The SMILES string of the molecule is CCCCn1c(N)c(N(Cc2ccco2)C(=O)/C=C/c2ccccc2[N+](=O)[O-])c(=O)[nH]c1=O. The third-order valence-electron chi connectivity index (χ3n) is 4.92. The van der Waals surface area contributed by atoms with Crippen LogP contribution in [0.5, 0.6) is 0 Å². The normalized spacial score (nSPS) is 11.1. The van der Waals surface area contributed by atoms with E-state index in [2.05, 4.69) is 4.98 Å². The predicted molar refractivity (Wildman–Crippen MR) is 123 cm³/mol. The van der Waals surface area contributed by atoms with Gasteiger partial charge in [0, 0.05) is 18.7 Å². The molecular weight excluding hydrogens is 430 g/mol. The summed E-state index contributed by atoms with van der Waals surface area (Å²) in [6.07, 6.45) is 5.23. The van der Waals surface area contributed by atoms with Crippen molar-refractivity contribution in [2.24, 2.45) is 0 Å². The Bertz CT molecular complexity index is 1290.